The molecular formula is C28H24ClN2O10S+. The molecule has 0 saturated heterocycles. The number of aromatic hydroxyl groups is 3. The molecule has 42 heavy (non-hydrogen) atoms. The summed E-state index contributed by atoms with van der Waals surface area (Å²) in [5.41, 5.74) is 0.0242. The molecule has 14 heteroatoms. The molecule has 0 amide bonds. The third kappa shape index (κ3) is 5.62. The lowest BCUT2D eigenvalue weighted by Gasteiger charge is -2.10. The largest absolute Gasteiger partial charge is 0.505 e. The Morgan fingerprint density at radius 1 is 0.976 bits per heavy atom. The second kappa shape index (κ2) is 11.4. The van der Waals surface area contributed by atoms with Crippen molar-refractivity contribution < 1.29 is 46.9 Å². The highest BCUT2D eigenvalue weighted by molar-refractivity contribution is 7.86. The van der Waals surface area contributed by atoms with E-state index < -0.39 is 37.9 Å². The molecule has 0 unspecified atom stereocenters. The van der Waals surface area contributed by atoms with Gasteiger partial charge in [0.2, 0.25) is 17.3 Å². The van der Waals surface area contributed by atoms with E-state index in [1.165, 1.54) is 24.3 Å². The van der Waals surface area contributed by atoms with Crippen LogP contribution in [0.1, 0.15) is 25.7 Å². The number of carbonyl (C=O) groups excluding carboxylic acids is 1. The molecule has 218 valence electrons. The summed E-state index contributed by atoms with van der Waals surface area (Å²) in [6.07, 6.45) is 3.78. The van der Waals surface area contributed by atoms with Crippen molar-refractivity contribution in [2.75, 3.05) is 0 Å². The Morgan fingerprint density at radius 2 is 1.69 bits per heavy atom. The average molecular weight is 616 g/mol. The molecule has 0 radical (unpaired) electrons. The van der Waals surface area contributed by atoms with Crippen molar-refractivity contribution >= 4 is 49.6 Å². The quantitative estimate of drug-likeness (QED) is 0.0821. The SMILES string of the molecule is O=C(CCCCC[n+]1ccc(-c2cc3cc(Cl)c(O)c(S(=O)(=O)O)c3oc2=O)c2ccccc21)On1c(O)ccc1O. The van der Waals surface area contributed by atoms with Crippen LogP contribution in [0.4, 0.5) is 0 Å². The van der Waals surface area contributed by atoms with E-state index in [-0.39, 0.29) is 34.2 Å². The van der Waals surface area contributed by atoms with Crippen LogP contribution >= 0.6 is 11.6 Å². The number of rotatable bonds is 9. The van der Waals surface area contributed by atoms with Gasteiger partial charge in [0.15, 0.2) is 22.4 Å². The van der Waals surface area contributed by atoms with Gasteiger partial charge < -0.3 is 24.6 Å². The van der Waals surface area contributed by atoms with E-state index in [1.807, 2.05) is 22.8 Å². The molecule has 0 spiro atoms. The van der Waals surface area contributed by atoms with Crippen molar-refractivity contribution in [2.24, 2.45) is 0 Å². The first-order valence-electron chi connectivity index (χ1n) is 12.6. The smallest absolute Gasteiger partial charge is 0.344 e. The van der Waals surface area contributed by atoms with E-state index in [1.54, 1.807) is 18.3 Å². The molecule has 0 atom stereocenters. The number of hydrogen-bond donors (Lipinski definition) is 4. The fourth-order valence-corrected chi connectivity index (χ4v) is 5.72. The molecule has 0 aliphatic heterocycles. The van der Waals surface area contributed by atoms with Crippen LogP contribution in [0.3, 0.4) is 0 Å². The number of para-hydroxylation sites is 1. The zero-order valence-corrected chi connectivity index (χ0v) is 23.3. The topological polar surface area (TPSA) is 180 Å². The first-order chi connectivity index (χ1) is 20.0. The first kappa shape index (κ1) is 28.9. The second-order valence-electron chi connectivity index (χ2n) is 9.44. The Labute approximate surface area is 242 Å². The van der Waals surface area contributed by atoms with Crippen molar-refractivity contribution in [3.63, 3.8) is 0 Å². The Kier molecular flexibility index (Phi) is 7.82. The molecular weight excluding hydrogens is 592 g/mol. The summed E-state index contributed by atoms with van der Waals surface area (Å²) in [5, 5.41) is 29.7. The highest BCUT2D eigenvalue weighted by Crippen LogP contribution is 2.38. The predicted octanol–water partition coefficient (Wildman–Crippen LogP) is 3.93. The van der Waals surface area contributed by atoms with E-state index in [9.17, 15) is 37.9 Å². The molecule has 0 fully saturated rings. The van der Waals surface area contributed by atoms with Gasteiger partial charge in [-0.15, -0.1) is 4.73 Å². The summed E-state index contributed by atoms with van der Waals surface area (Å²) in [6.45, 7) is 0.591. The van der Waals surface area contributed by atoms with Crippen LogP contribution in [0, 0.1) is 0 Å². The van der Waals surface area contributed by atoms with Gasteiger partial charge in [0.25, 0.3) is 0 Å². The minimum absolute atomic E-state index is 0.0836. The molecule has 2 aromatic carbocycles. The average Bonchev–Trinajstić information content (AvgIpc) is 3.25. The lowest BCUT2D eigenvalue weighted by Crippen LogP contribution is -2.34. The van der Waals surface area contributed by atoms with E-state index in [4.69, 9.17) is 20.9 Å². The van der Waals surface area contributed by atoms with Crippen LogP contribution in [0.25, 0.3) is 33.0 Å². The van der Waals surface area contributed by atoms with E-state index in [0.717, 1.165) is 5.52 Å². The number of pyridine rings is 1. The number of nitrogens with zero attached hydrogens (tertiary/aromatic N) is 2. The number of aryl methyl sites for hydroxylation is 1. The normalized spacial score (nSPS) is 11.8. The van der Waals surface area contributed by atoms with Gasteiger partial charge in [-0.3, -0.25) is 4.55 Å². The third-order valence-corrected chi connectivity index (χ3v) is 7.83. The van der Waals surface area contributed by atoms with Crippen LogP contribution in [0.2, 0.25) is 5.02 Å². The van der Waals surface area contributed by atoms with Crippen LogP contribution in [0.5, 0.6) is 17.5 Å². The predicted molar refractivity (Wildman–Crippen MR) is 150 cm³/mol. The van der Waals surface area contributed by atoms with Gasteiger partial charge in [0.05, 0.1) is 16.0 Å². The number of phenols is 1. The van der Waals surface area contributed by atoms with E-state index in [0.29, 0.717) is 41.5 Å². The molecule has 5 rings (SSSR count). The number of halogens is 1. The minimum Gasteiger partial charge on any atom is -0.505 e. The van der Waals surface area contributed by atoms with Crippen LogP contribution in [-0.4, -0.2) is 39.0 Å². The maximum atomic E-state index is 13.0. The number of carbonyl (C=O) groups is 1. The highest BCUT2D eigenvalue weighted by atomic mass is 35.5. The van der Waals surface area contributed by atoms with Gasteiger partial charge in [0, 0.05) is 48.1 Å². The monoisotopic (exact) mass is 615 g/mol. The number of phenolic OH excluding ortho intramolecular Hbond substituents is 1. The molecule has 3 aromatic heterocycles. The van der Waals surface area contributed by atoms with Gasteiger partial charge >= 0.3 is 21.7 Å². The lowest BCUT2D eigenvalue weighted by molar-refractivity contribution is -0.671. The van der Waals surface area contributed by atoms with Crippen LogP contribution in [-0.2, 0) is 21.5 Å². The number of fused-ring (bicyclic) bond motifs is 2. The molecule has 3 heterocycles. The number of unbranched alkanes of at least 4 members (excludes halogenated alkanes) is 2. The van der Waals surface area contributed by atoms with Gasteiger partial charge in [-0.05, 0) is 31.0 Å². The lowest BCUT2D eigenvalue weighted by atomic mass is 10.0. The molecule has 0 bridgehead atoms. The molecule has 5 aromatic rings. The van der Waals surface area contributed by atoms with Crippen molar-refractivity contribution in [3.8, 4) is 28.6 Å². The van der Waals surface area contributed by atoms with E-state index in [2.05, 4.69) is 0 Å². The Bertz CT molecular complexity index is 2000. The number of hydrogen-bond acceptors (Lipinski definition) is 9. The van der Waals surface area contributed by atoms with Gasteiger partial charge in [-0.2, -0.15) is 13.0 Å². The van der Waals surface area contributed by atoms with Crippen molar-refractivity contribution in [3.05, 3.63) is 76.2 Å². The minimum atomic E-state index is -4.97. The van der Waals surface area contributed by atoms with Crippen LogP contribution in [0.15, 0.2) is 74.9 Å². The summed E-state index contributed by atoms with van der Waals surface area (Å²) >= 11 is 5.99. The maximum absolute atomic E-state index is 13.0. The Balaban J connectivity index is 1.36. The van der Waals surface area contributed by atoms with Crippen molar-refractivity contribution in [1.29, 1.82) is 0 Å². The van der Waals surface area contributed by atoms with E-state index >= 15 is 0 Å². The molecule has 0 aliphatic carbocycles. The fraction of sp³-hybridized carbons (Fsp3) is 0.179. The van der Waals surface area contributed by atoms with Crippen LogP contribution < -0.4 is 15.0 Å². The number of benzene rings is 2. The summed E-state index contributed by atoms with van der Waals surface area (Å²) in [4.78, 5) is 29.0. The summed E-state index contributed by atoms with van der Waals surface area (Å²) in [5.74, 6) is -2.31. The number of aromatic nitrogens is 2. The zero-order chi connectivity index (χ0) is 30.2. The Morgan fingerprint density at radius 3 is 2.40 bits per heavy atom. The first-order valence-corrected chi connectivity index (χ1v) is 14.5. The van der Waals surface area contributed by atoms with Gasteiger partial charge in [-0.25, -0.2) is 9.59 Å². The van der Waals surface area contributed by atoms with Gasteiger partial charge in [0.1, 0.15) is 6.54 Å². The standard InChI is InChI=1S/C28H23ClN2O10S/c29-20-15-16-14-19(28(36)40-26(16)27(25(20)35)42(37,38)39)17-11-13-30(21-7-4-3-6-18(17)21)12-5-1-2-8-24(34)41-31-22(32)9-10-23(31)33/h3-4,6-7,9-11,13-15H,1-2,5,8,12H2,(H3,32,33,37,38,39)/p+1. The third-order valence-electron chi connectivity index (χ3n) is 6.65. The summed E-state index contributed by atoms with van der Waals surface area (Å²) in [6, 6.07) is 14.1. The molecule has 0 aliphatic rings. The Hall–Kier alpha value is -4.59. The van der Waals surface area contributed by atoms with Crippen molar-refractivity contribution in [1.82, 2.24) is 4.73 Å². The summed E-state index contributed by atoms with van der Waals surface area (Å²) in [7, 11) is -4.97. The highest BCUT2D eigenvalue weighted by Gasteiger charge is 2.26. The maximum Gasteiger partial charge on any atom is 0.344 e. The van der Waals surface area contributed by atoms with Crippen molar-refractivity contribution in [2.45, 2.75) is 37.1 Å². The zero-order valence-electron chi connectivity index (χ0n) is 21.7. The molecule has 12 nitrogen and oxygen atoms in total. The molecule has 0 saturated carbocycles. The van der Waals surface area contributed by atoms with Gasteiger partial charge in [-0.1, -0.05) is 23.7 Å². The summed E-state index contributed by atoms with van der Waals surface area (Å²) < 4.78 is 41.3. The molecule has 4 N–H and O–H groups in total. The second-order valence-corrected chi connectivity index (χ2v) is 11.2. The fourth-order valence-electron chi connectivity index (χ4n) is 4.71.